The van der Waals surface area contributed by atoms with Crippen LogP contribution in [-0.2, 0) is 24.3 Å². The van der Waals surface area contributed by atoms with Gasteiger partial charge in [-0.2, -0.15) is 4.31 Å². The molecule has 1 aromatic carbocycles. The maximum atomic E-state index is 12.9. The molecule has 0 spiro atoms. The fourth-order valence-electron chi connectivity index (χ4n) is 2.32. The number of benzene rings is 1. The summed E-state index contributed by atoms with van der Waals surface area (Å²) in [6.07, 6.45) is -0.955. The Morgan fingerprint density at radius 3 is 2.41 bits per heavy atom. The van der Waals surface area contributed by atoms with E-state index in [1.54, 1.807) is 0 Å². The third-order valence-corrected chi connectivity index (χ3v) is 5.14. The fourth-order valence-corrected chi connectivity index (χ4v) is 3.95. The molecule has 9 heteroatoms. The lowest BCUT2D eigenvalue weighted by Crippen LogP contribution is -2.40. The quantitative estimate of drug-likeness (QED) is 0.811. The number of esters is 1. The van der Waals surface area contributed by atoms with Gasteiger partial charge in [0.2, 0.25) is 10.0 Å². The molecule has 0 bridgehead atoms. The smallest absolute Gasteiger partial charge is 0.322 e. The molecule has 22 heavy (non-hydrogen) atoms. The molecule has 1 N–H and O–H groups in total. The van der Waals surface area contributed by atoms with E-state index in [2.05, 4.69) is 0 Å². The van der Waals surface area contributed by atoms with Crippen molar-refractivity contribution in [2.24, 2.45) is 0 Å². The number of rotatable bonds is 4. The van der Waals surface area contributed by atoms with Crippen LogP contribution in [0.1, 0.15) is 13.3 Å². The maximum Gasteiger partial charge on any atom is 0.322 e. The van der Waals surface area contributed by atoms with Crippen molar-refractivity contribution in [2.75, 3.05) is 6.54 Å². The van der Waals surface area contributed by atoms with Gasteiger partial charge < -0.3 is 9.84 Å². The molecule has 1 aliphatic rings. The third-order valence-electron chi connectivity index (χ3n) is 3.26. The highest BCUT2D eigenvalue weighted by Crippen LogP contribution is 2.28. The summed E-state index contributed by atoms with van der Waals surface area (Å²) in [7, 11) is -4.12. The van der Waals surface area contributed by atoms with Crippen molar-refractivity contribution < 1.29 is 32.2 Å². The number of sulfonamides is 1. The van der Waals surface area contributed by atoms with Crippen LogP contribution < -0.4 is 0 Å². The van der Waals surface area contributed by atoms with Gasteiger partial charge in [0, 0.05) is 13.3 Å². The molecule has 0 unspecified atom stereocenters. The minimum absolute atomic E-state index is 0.130. The first-order valence-electron chi connectivity index (χ1n) is 6.39. The highest BCUT2D eigenvalue weighted by Gasteiger charge is 2.45. The largest absolute Gasteiger partial charge is 0.480 e. The first-order chi connectivity index (χ1) is 10.2. The Morgan fingerprint density at radius 1 is 1.32 bits per heavy atom. The average molecular weight is 331 g/mol. The lowest BCUT2D eigenvalue weighted by Gasteiger charge is -2.20. The predicted octanol–water partition coefficient (Wildman–Crippen LogP) is 0.605. The van der Waals surface area contributed by atoms with E-state index >= 15 is 0 Å². The van der Waals surface area contributed by atoms with Crippen molar-refractivity contribution in [3.8, 4) is 0 Å². The number of carboxylic acid groups (broad SMARTS) is 1. The molecule has 0 saturated carbocycles. The zero-order chi connectivity index (χ0) is 16.5. The molecule has 0 aromatic heterocycles. The molecule has 1 aromatic rings. The van der Waals surface area contributed by atoms with Crippen LogP contribution in [0.5, 0.6) is 0 Å². The molecule has 7 nitrogen and oxygen atoms in total. The number of halogens is 1. The van der Waals surface area contributed by atoms with Gasteiger partial charge >= 0.3 is 11.9 Å². The third kappa shape index (κ3) is 3.25. The Bertz CT molecular complexity index is 687. The first-order valence-corrected chi connectivity index (χ1v) is 7.83. The molecule has 0 aliphatic carbocycles. The monoisotopic (exact) mass is 331 g/mol. The second-order valence-corrected chi connectivity index (χ2v) is 6.74. The van der Waals surface area contributed by atoms with Crippen molar-refractivity contribution >= 4 is 22.0 Å². The normalized spacial score (nSPS) is 22.5. The number of aliphatic carboxylic acids is 1. The summed E-state index contributed by atoms with van der Waals surface area (Å²) in [5, 5.41) is 9.18. The molecule has 1 saturated heterocycles. The molecule has 2 atom stereocenters. The second-order valence-electron chi connectivity index (χ2n) is 4.85. The van der Waals surface area contributed by atoms with Crippen molar-refractivity contribution in [1.82, 2.24) is 4.31 Å². The molecular formula is C13H14FNO6S. The van der Waals surface area contributed by atoms with Gasteiger partial charge in [-0.05, 0) is 24.3 Å². The van der Waals surface area contributed by atoms with Crippen molar-refractivity contribution in [1.29, 1.82) is 0 Å². The van der Waals surface area contributed by atoms with Crippen LogP contribution in [0.4, 0.5) is 4.39 Å². The lowest BCUT2D eigenvalue weighted by atomic mass is 10.2. The van der Waals surface area contributed by atoms with Gasteiger partial charge in [0.15, 0.2) is 0 Å². The fraction of sp³-hybridized carbons (Fsp3) is 0.385. The van der Waals surface area contributed by atoms with Crippen LogP contribution in [0.15, 0.2) is 29.2 Å². The number of carbonyl (C=O) groups is 2. The molecule has 2 rings (SSSR count). The van der Waals surface area contributed by atoms with E-state index in [-0.39, 0.29) is 17.9 Å². The van der Waals surface area contributed by atoms with Gasteiger partial charge in [0.25, 0.3) is 0 Å². The topological polar surface area (TPSA) is 101 Å². The summed E-state index contributed by atoms with van der Waals surface area (Å²) < 4.78 is 43.5. The summed E-state index contributed by atoms with van der Waals surface area (Å²) >= 11 is 0. The van der Waals surface area contributed by atoms with Gasteiger partial charge in [0.1, 0.15) is 18.0 Å². The molecular weight excluding hydrogens is 317 g/mol. The van der Waals surface area contributed by atoms with E-state index in [1.165, 1.54) is 0 Å². The highest BCUT2D eigenvalue weighted by molar-refractivity contribution is 7.89. The van der Waals surface area contributed by atoms with Crippen LogP contribution in [-0.4, -0.2) is 48.5 Å². The summed E-state index contributed by atoms with van der Waals surface area (Å²) in [5.41, 5.74) is 0. The van der Waals surface area contributed by atoms with Crippen LogP contribution in [0.25, 0.3) is 0 Å². The maximum absolute atomic E-state index is 12.9. The van der Waals surface area contributed by atoms with Crippen molar-refractivity contribution in [3.05, 3.63) is 30.1 Å². The minimum Gasteiger partial charge on any atom is -0.480 e. The minimum atomic E-state index is -4.12. The molecule has 0 amide bonds. The Kier molecular flexibility index (Phi) is 4.47. The second kappa shape index (κ2) is 6.01. The summed E-state index contributed by atoms with van der Waals surface area (Å²) in [6.45, 7) is 0.906. The Labute approximate surface area is 126 Å². The highest BCUT2D eigenvalue weighted by atomic mass is 32.2. The number of nitrogens with zero attached hydrogens (tertiary/aromatic N) is 1. The van der Waals surface area contributed by atoms with Gasteiger partial charge in [-0.3, -0.25) is 9.59 Å². The molecule has 1 fully saturated rings. The number of carbonyl (C=O) groups excluding carboxylic acids is 1. The van der Waals surface area contributed by atoms with E-state index in [0.717, 1.165) is 35.5 Å². The van der Waals surface area contributed by atoms with Crippen molar-refractivity contribution in [2.45, 2.75) is 30.4 Å². The average Bonchev–Trinajstić information content (AvgIpc) is 2.83. The molecule has 0 radical (unpaired) electrons. The van der Waals surface area contributed by atoms with Crippen LogP contribution in [0.3, 0.4) is 0 Å². The summed E-state index contributed by atoms with van der Waals surface area (Å²) in [4.78, 5) is 22.0. The van der Waals surface area contributed by atoms with E-state index < -0.39 is 39.9 Å². The van der Waals surface area contributed by atoms with Gasteiger partial charge in [-0.25, -0.2) is 12.8 Å². The van der Waals surface area contributed by atoms with Crippen LogP contribution in [0, 0.1) is 5.82 Å². The van der Waals surface area contributed by atoms with Crippen LogP contribution in [0.2, 0.25) is 0 Å². The van der Waals surface area contributed by atoms with Gasteiger partial charge in [0.05, 0.1) is 11.4 Å². The SMILES string of the molecule is CC(=O)O[C@H]1C[C@H](C(=O)O)N(S(=O)(=O)c2ccc(F)cc2)C1. The molecule has 120 valence electrons. The Morgan fingerprint density at radius 2 is 1.91 bits per heavy atom. The number of hydrogen-bond acceptors (Lipinski definition) is 5. The Balaban J connectivity index is 2.33. The molecule has 1 aliphatic heterocycles. The molecule has 1 heterocycles. The van der Waals surface area contributed by atoms with Gasteiger partial charge in [-0.15, -0.1) is 0 Å². The number of carboxylic acids is 1. The van der Waals surface area contributed by atoms with Crippen LogP contribution >= 0.6 is 0 Å². The van der Waals surface area contributed by atoms with E-state index in [4.69, 9.17) is 4.74 Å². The standard InChI is InChI=1S/C13H14FNO6S/c1-8(16)21-10-6-12(13(17)18)15(7-10)22(19,20)11-4-2-9(14)3-5-11/h2-5,10,12H,6-7H2,1H3,(H,17,18)/t10-,12+/m0/s1. The zero-order valence-corrected chi connectivity index (χ0v) is 12.4. The number of ether oxygens (including phenoxy) is 1. The summed E-state index contributed by atoms with van der Waals surface area (Å²) in [5.74, 6) is -2.55. The lowest BCUT2D eigenvalue weighted by molar-refractivity contribution is -0.146. The number of hydrogen-bond donors (Lipinski definition) is 1. The zero-order valence-electron chi connectivity index (χ0n) is 11.6. The van der Waals surface area contributed by atoms with E-state index in [0.29, 0.717) is 0 Å². The van der Waals surface area contributed by atoms with E-state index in [9.17, 15) is 27.5 Å². The Hall–Kier alpha value is -2.00. The first kappa shape index (κ1) is 16.4. The predicted molar refractivity (Wildman–Crippen MR) is 71.9 cm³/mol. The van der Waals surface area contributed by atoms with Gasteiger partial charge in [-0.1, -0.05) is 0 Å². The van der Waals surface area contributed by atoms with E-state index in [1.807, 2.05) is 0 Å². The van der Waals surface area contributed by atoms with Crippen molar-refractivity contribution in [3.63, 3.8) is 0 Å². The summed E-state index contributed by atoms with van der Waals surface area (Å²) in [6, 6.07) is 2.73.